The molecule has 2 rings (SSSR count). The van der Waals surface area contributed by atoms with Crippen LogP contribution in [0, 0.1) is 5.92 Å². The molecule has 1 aromatic heterocycles. The molecule has 6 nitrogen and oxygen atoms in total. The lowest BCUT2D eigenvalue weighted by molar-refractivity contribution is -0.123. The topological polar surface area (TPSA) is 70.3 Å². The number of carbonyl (C=O) groups excluding carboxylic acids is 1. The van der Waals surface area contributed by atoms with Crippen LogP contribution in [0.5, 0.6) is 0 Å². The maximum Gasteiger partial charge on any atom is 0.331 e. The van der Waals surface area contributed by atoms with Crippen molar-refractivity contribution in [3.8, 4) is 0 Å². The molecular weight excluding hydrogens is 236 g/mol. The zero-order chi connectivity index (χ0) is 13.1. The van der Waals surface area contributed by atoms with E-state index in [0.717, 1.165) is 4.57 Å². The Hall–Kier alpha value is -1.69. The molecule has 1 aliphatic rings. The van der Waals surface area contributed by atoms with E-state index in [-0.39, 0.29) is 18.2 Å². The van der Waals surface area contributed by atoms with Crippen LogP contribution >= 0.6 is 0 Å². The number of carbonyl (C=O) groups is 1. The van der Waals surface area contributed by atoms with Crippen LogP contribution < -0.4 is 11.2 Å². The number of nitrogens with zero attached hydrogens (tertiary/aromatic N) is 2. The van der Waals surface area contributed by atoms with E-state index in [1.807, 2.05) is 6.92 Å². The summed E-state index contributed by atoms with van der Waals surface area (Å²) in [7, 11) is 0. The molecule has 0 N–H and O–H groups in total. The number of aryl methyl sites for hydroxylation is 1. The fourth-order valence-electron chi connectivity index (χ4n) is 2.02. The smallest absolute Gasteiger partial charge is 0.331 e. The van der Waals surface area contributed by atoms with Crippen LogP contribution in [0.4, 0.5) is 0 Å². The average molecular weight is 252 g/mol. The lowest BCUT2D eigenvalue weighted by Gasteiger charge is -2.10. The fourth-order valence-corrected chi connectivity index (χ4v) is 2.02. The molecule has 1 aliphatic heterocycles. The quantitative estimate of drug-likeness (QED) is 0.733. The molecule has 1 unspecified atom stereocenters. The number of hydrogen-bond donors (Lipinski definition) is 0. The summed E-state index contributed by atoms with van der Waals surface area (Å²) in [5.41, 5.74) is -0.866. The standard InChI is InChI=1S/C12H16N2O4/c1-2-13-5-3-11(16)14(12(13)17)7-10(15)9-4-6-18-8-9/h3,5,9H,2,4,6-8H2,1H3. The van der Waals surface area contributed by atoms with Crippen molar-refractivity contribution in [2.75, 3.05) is 13.2 Å². The molecule has 0 amide bonds. The Labute approximate surface area is 104 Å². The molecule has 0 radical (unpaired) electrons. The van der Waals surface area contributed by atoms with Gasteiger partial charge in [0.15, 0.2) is 5.78 Å². The van der Waals surface area contributed by atoms with Crippen molar-refractivity contribution in [3.05, 3.63) is 33.1 Å². The number of ketones is 1. The Kier molecular flexibility index (Phi) is 3.76. The van der Waals surface area contributed by atoms with E-state index in [1.54, 1.807) is 0 Å². The zero-order valence-electron chi connectivity index (χ0n) is 10.3. The van der Waals surface area contributed by atoms with Crippen LogP contribution in [-0.4, -0.2) is 28.1 Å². The van der Waals surface area contributed by atoms with Gasteiger partial charge in [-0.15, -0.1) is 0 Å². The molecule has 1 saturated heterocycles. The van der Waals surface area contributed by atoms with Gasteiger partial charge in [-0.3, -0.25) is 14.2 Å². The molecular formula is C12H16N2O4. The molecule has 1 atom stereocenters. The number of rotatable bonds is 4. The summed E-state index contributed by atoms with van der Waals surface area (Å²) in [6.45, 7) is 3.08. The second-order valence-corrected chi connectivity index (χ2v) is 4.34. The Bertz CT molecular complexity index is 552. The first-order valence-electron chi connectivity index (χ1n) is 6.04. The second-order valence-electron chi connectivity index (χ2n) is 4.34. The number of ether oxygens (including phenoxy) is 1. The van der Waals surface area contributed by atoms with Crippen molar-refractivity contribution in [2.24, 2.45) is 5.92 Å². The van der Waals surface area contributed by atoms with Gasteiger partial charge in [-0.05, 0) is 13.3 Å². The minimum absolute atomic E-state index is 0.111. The van der Waals surface area contributed by atoms with Crippen molar-refractivity contribution < 1.29 is 9.53 Å². The molecule has 18 heavy (non-hydrogen) atoms. The van der Waals surface area contributed by atoms with Crippen LogP contribution in [0.15, 0.2) is 21.9 Å². The first-order chi connectivity index (χ1) is 8.63. The highest BCUT2D eigenvalue weighted by atomic mass is 16.5. The average Bonchev–Trinajstić information content (AvgIpc) is 2.88. The highest BCUT2D eigenvalue weighted by Crippen LogP contribution is 2.13. The maximum absolute atomic E-state index is 11.9. The molecule has 0 aliphatic carbocycles. The van der Waals surface area contributed by atoms with Gasteiger partial charge in [-0.2, -0.15) is 0 Å². The summed E-state index contributed by atoms with van der Waals surface area (Å²) >= 11 is 0. The molecule has 6 heteroatoms. The third-order valence-corrected chi connectivity index (χ3v) is 3.18. The Morgan fingerprint density at radius 3 is 2.89 bits per heavy atom. The van der Waals surface area contributed by atoms with Gasteiger partial charge in [-0.1, -0.05) is 0 Å². The van der Waals surface area contributed by atoms with Gasteiger partial charge in [-0.25, -0.2) is 4.79 Å². The summed E-state index contributed by atoms with van der Waals surface area (Å²) in [5.74, 6) is -0.299. The van der Waals surface area contributed by atoms with Gasteiger partial charge in [0.25, 0.3) is 5.56 Å². The lowest BCUT2D eigenvalue weighted by Crippen LogP contribution is -2.41. The van der Waals surface area contributed by atoms with E-state index in [4.69, 9.17) is 4.74 Å². The predicted molar refractivity (Wildman–Crippen MR) is 64.6 cm³/mol. The highest BCUT2D eigenvalue weighted by molar-refractivity contribution is 5.81. The summed E-state index contributed by atoms with van der Waals surface area (Å²) in [6.07, 6.45) is 2.12. The predicted octanol–water partition coefficient (Wildman–Crippen LogP) is -0.365. The maximum atomic E-state index is 11.9. The van der Waals surface area contributed by atoms with Crippen LogP contribution in [0.25, 0.3) is 0 Å². The van der Waals surface area contributed by atoms with Crippen LogP contribution in [0.3, 0.4) is 0 Å². The third-order valence-electron chi connectivity index (χ3n) is 3.18. The van der Waals surface area contributed by atoms with E-state index in [2.05, 4.69) is 0 Å². The summed E-state index contributed by atoms with van der Waals surface area (Å²) in [5, 5.41) is 0. The van der Waals surface area contributed by atoms with E-state index in [9.17, 15) is 14.4 Å². The van der Waals surface area contributed by atoms with Crippen molar-refractivity contribution in [3.63, 3.8) is 0 Å². The number of hydrogen-bond acceptors (Lipinski definition) is 4. The largest absolute Gasteiger partial charge is 0.381 e. The molecule has 1 aromatic rings. The van der Waals surface area contributed by atoms with Crippen molar-refractivity contribution >= 4 is 5.78 Å². The monoisotopic (exact) mass is 252 g/mol. The Morgan fingerprint density at radius 1 is 1.50 bits per heavy atom. The van der Waals surface area contributed by atoms with E-state index < -0.39 is 11.2 Å². The molecule has 0 aromatic carbocycles. The number of Topliss-reactive ketones (excluding diaryl/α,β-unsaturated/α-hetero) is 1. The zero-order valence-corrected chi connectivity index (χ0v) is 10.3. The normalized spacial score (nSPS) is 19.1. The Balaban J connectivity index is 2.25. The van der Waals surface area contributed by atoms with Gasteiger partial charge < -0.3 is 9.30 Å². The van der Waals surface area contributed by atoms with Crippen LogP contribution in [0.1, 0.15) is 13.3 Å². The molecule has 2 heterocycles. The summed E-state index contributed by atoms with van der Waals surface area (Å²) in [4.78, 5) is 35.5. The molecule has 0 spiro atoms. The number of aromatic nitrogens is 2. The summed E-state index contributed by atoms with van der Waals surface area (Å²) < 4.78 is 7.52. The van der Waals surface area contributed by atoms with Crippen molar-refractivity contribution in [1.82, 2.24) is 9.13 Å². The first kappa shape index (κ1) is 12.8. The minimum Gasteiger partial charge on any atom is -0.381 e. The first-order valence-corrected chi connectivity index (χ1v) is 6.04. The Morgan fingerprint density at radius 2 is 2.28 bits per heavy atom. The fraction of sp³-hybridized carbons (Fsp3) is 0.583. The summed E-state index contributed by atoms with van der Waals surface area (Å²) in [6, 6.07) is 1.31. The molecule has 98 valence electrons. The van der Waals surface area contributed by atoms with Crippen molar-refractivity contribution in [1.29, 1.82) is 0 Å². The third kappa shape index (κ3) is 2.43. The van der Waals surface area contributed by atoms with Crippen molar-refractivity contribution in [2.45, 2.75) is 26.4 Å². The van der Waals surface area contributed by atoms with E-state index in [1.165, 1.54) is 16.8 Å². The lowest BCUT2D eigenvalue weighted by atomic mass is 10.0. The van der Waals surface area contributed by atoms with Gasteiger partial charge in [0.1, 0.15) is 0 Å². The molecule has 0 bridgehead atoms. The van der Waals surface area contributed by atoms with E-state index >= 15 is 0 Å². The minimum atomic E-state index is -0.433. The second kappa shape index (κ2) is 5.30. The molecule has 1 fully saturated rings. The van der Waals surface area contributed by atoms with Crippen LogP contribution in [-0.2, 0) is 22.6 Å². The van der Waals surface area contributed by atoms with Gasteiger partial charge in [0, 0.05) is 31.3 Å². The van der Waals surface area contributed by atoms with Gasteiger partial charge >= 0.3 is 5.69 Å². The highest BCUT2D eigenvalue weighted by Gasteiger charge is 2.24. The SMILES string of the molecule is CCn1ccc(=O)n(CC(=O)C2CCOC2)c1=O. The van der Waals surface area contributed by atoms with Gasteiger partial charge in [0.05, 0.1) is 13.2 Å². The molecule has 0 saturated carbocycles. The van der Waals surface area contributed by atoms with Gasteiger partial charge in [0.2, 0.25) is 0 Å². The van der Waals surface area contributed by atoms with E-state index in [0.29, 0.717) is 26.2 Å². The van der Waals surface area contributed by atoms with Crippen LogP contribution in [0.2, 0.25) is 0 Å².